The summed E-state index contributed by atoms with van der Waals surface area (Å²) < 4.78 is 13.8. The van der Waals surface area contributed by atoms with Crippen LogP contribution in [-0.2, 0) is 65.7 Å². The highest BCUT2D eigenvalue weighted by atomic mass is 32.1. The molecule has 7 amide bonds. The highest BCUT2D eigenvalue weighted by Gasteiger charge is 2.38. The number of nitrogens with one attached hydrogen (secondary N) is 7. The Morgan fingerprint density at radius 3 is 1.85 bits per heavy atom. The molecule has 2 aromatic carbocycles. The molecule has 0 fully saturated rings. The van der Waals surface area contributed by atoms with Gasteiger partial charge in [0.1, 0.15) is 29.7 Å². The molecule has 0 bridgehead atoms. The maximum Gasteiger partial charge on any atom is 0.245 e. The second kappa shape index (κ2) is 31.7. The number of halogens is 1. The standard InChI is InChI=1S/C48H70FN11O12S/c1-6-27(4)42(45(69)44(68)35(55-40(65)8-7-19-73)21-29-11-15-32(61)16-12-29)57-46(70)33(17-18-38(50)63)58-59-36(22-39(51)64)47(71)54-28(5)48(72)60(24-30-9-13-31(49)14-10-30)25-41(66)56-34(20-26(2)3)43(67)37(62)23-53-52/h9-16,26-28,33-36,42,53,58-59,61,73H,6-8,17-25,52H2,1-5H3,(H2,50,63)(H2,51,64)(H,54,71)(H,55,65)(H,56,66)(H,57,70)/t27-,28-,33-,34-,35-,36-,42?/m0/s1. The van der Waals surface area contributed by atoms with Gasteiger partial charge in [0.15, 0.2) is 0 Å². The number of nitrogens with two attached hydrogens (primary N) is 3. The molecule has 0 radical (unpaired) electrons. The number of phenols is 1. The number of primary amides is 2. The first-order chi connectivity index (χ1) is 34.4. The Morgan fingerprint density at radius 2 is 1.29 bits per heavy atom. The van der Waals surface area contributed by atoms with Crippen molar-refractivity contribution in [1.82, 2.24) is 42.4 Å². The second-order valence-corrected chi connectivity index (χ2v) is 18.4. The zero-order valence-corrected chi connectivity index (χ0v) is 42.6. The van der Waals surface area contributed by atoms with Crippen LogP contribution in [0.3, 0.4) is 0 Å². The summed E-state index contributed by atoms with van der Waals surface area (Å²) in [7, 11) is 0. The molecule has 0 saturated heterocycles. The molecule has 0 aliphatic heterocycles. The summed E-state index contributed by atoms with van der Waals surface area (Å²) in [6.45, 7) is 6.56. The van der Waals surface area contributed by atoms with E-state index < -0.39 is 138 Å². The van der Waals surface area contributed by atoms with Crippen molar-refractivity contribution in [3.05, 3.63) is 65.5 Å². The predicted molar refractivity (Wildman–Crippen MR) is 267 cm³/mol. The minimum Gasteiger partial charge on any atom is -0.508 e. The third kappa shape index (κ3) is 22.3. The number of rotatable bonds is 35. The van der Waals surface area contributed by atoms with E-state index in [1.165, 1.54) is 43.3 Å². The van der Waals surface area contributed by atoms with E-state index >= 15 is 0 Å². The van der Waals surface area contributed by atoms with Crippen molar-refractivity contribution in [3.8, 4) is 5.75 Å². The molecular weight excluding hydrogens is 974 g/mol. The SMILES string of the molecule is CC[C@H](C)C(NC(=O)[C@H](CCC(N)=O)NN[C@@H](CC(N)=O)C(=O)N[C@@H](C)C(=O)N(CC(=O)N[C@@H](CC(C)C)C(=O)C(=O)CNN)Cc1ccc(F)cc1)C(=O)C(=O)[C@H](Cc1ccc(O)cc1)NC(=O)CCCS. The normalized spacial score (nSPS) is 14.0. The largest absolute Gasteiger partial charge is 0.508 e. The van der Waals surface area contributed by atoms with Crippen molar-refractivity contribution < 1.29 is 62.2 Å². The number of hydrazine groups is 2. The lowest BCUT2D eigenvalue weighted by Gasteiger charge is -2.29. The van der Waals surface area contributed by atoms with E-state index in [9.17, 15) is 62.2 Å². The van der Waals surface area contributed by atoms with Gasteiger partial charge in [0.25, 0.3) is 0 Å². The van der Waals surface area contributed by atoms with Crippen molar-refractivity contribution in [2.24, 2.45) is 29.1 Å². The first-order valence-electron chi connectivity index (χ1n) is 23.7. The lowest BCUT2D eigenvalue weighted by Crippen LogP contribution is -2.61. The van der Waals surface area contributed by atoms with Crippen LogP contribution in [0.4, 0.5) is 4.39 Å². The maximum absolute atomic E-state index is 14.1. The summed E-state index contributed by atoms with van der Waals surface area (Å²) in [6, 6.07) is 2.01. The van der Waals surface area contributed by atoms with Gasteiger partial charge in [0.05, 0.1) is 37.6 Å². The first kappa shape index (κ1) is 62.4. The summed E-state index contributed by atoms with van der Waals surface area (Å²) in [6.07, 6.45) is -0.924. The van der Waals surface area contributed by atoms with Crippen molar-refractivity contribution in [1.29, 1.82) is 0 Å². The molecule has 1 unspecified atom stereocenters. The fraction of sp³-hybridized carbons (Fsp3) is 0.521. The summed E-state index contributed by atoms with van der Waals surface area (Å²) in [5, 5.41) is 19.9. The summed E-state index contributed by atoms with van der Waals surface area (Å²) in [5.41, 5.74) is 19.0. The average molecular weight is 1040 g/mol. The zero-order valence-electron chi connectivity index (χ0n) is 41.7. The van der Waals surface area contributed by atoms with E-state index in [0.717, 1.165) is 17.0 Å². The number of phenolic OH excluding ortho intramolecular Hbond substituents is 1. The number of amides is 7. The molecule has 73 heavy (non-hydrogen) atoms. The molecule has 402 valence electrons. The molecule has 25 heteroatoms. The number of carbonyl (C=O) groups excluding carboxylic acids is 11. The second-order valence-electron chi connectivity index (χ2n) is 18.0. The maximum atomic E-state index is 14.1. The molecule has 0 aliphatic carbocycles. The highest BCUT2D eigenvalue weighted by Crippen LogP contribution is 2.16. The van der Waals surface area contributed by atoms with Gasteiger partial charge in [0, 0.05) is 25.8 Å². The molecule has 0 aliphatic rings. The Labute approximate surface area is 428 Å². The van der Waals surface area contributed by atoms with Crippen molar-refractivity contribution in [2.45, 2.75) is 129 Å². The molecule has 0 saturated carbocycles. The van der Waals surface area contributed by atoms with Gasteiger partial charge in [0.2, 0.25) is 64.5 Å². The van der Waals surface area contributed by atoms with Gasteiger partial charge in [-0.25, -0.2) is 15.2 Å². The third-order valence-corrected chi connectivity index (χ3v) is 11.6. The smallest absolute Gasteiger partial charge is 0.245 e. The summed E-state index contributed by atoms with van der Waals surface area (Å²) >= 11 is 4.12. The molecule has 14 N–H and O–H groups in total. The van der Waals surface area contributed by atoms with Crippen LogP contribution >= 0.6 is 12.6 Å². The van der Waals surface area contributed by atoms with Crippen molar-refractivity contribution >= 4 is 77.1 Å². The van der Waals surface area contributed by atoms with Gasteiger partial charge < -0.3 is 42.7 Å². The Bertz CT molecular complexity index is 2250. The van der Waals surface area contributed by atoms with E-state index in [-0.39, 0.29) is 50.3 Å². The molecular formula is C48H70FN11O12S. The highest BCUT2D eigenvalue weighted by molar-refractivity contribution is 7.80. The zero-order chi connectivity index (χ0) is 54.9. The number of aromatic hydroxyl groups is 1. The Balaban J connectivity index is 2.40. The van der Waals surface area contributed by atoms with Gasteiger partial charge in [-0.05, 0) is 79.2 Å². The molecule has 2 rings (SSSR count). The van der Waals surface area contributed by atoms with E-state index in [0.29, 0.717) is 23.3 Å². The molecule has 2 aromatic rings. The van der Waals surface area contributed by atoms with Crippen LogP contribution in [-0.4, -0.2) is 130 Å². The average Bonchev–Trinajstić information content (AvgIpc) is 3.33. The summed E-state index contributed by atoms with van der Waals surface area (Å²) in [4.78, 5) is 147. The van der Waals surface area contributed by atoms with Gasteiger partial charge in [-0.1, -0.05) is 58.4 Å². The third-order valence-electron chi connectivity index (χ3n) is 11.3. The molecule has 7 atom stereocenters. The van der Waals surface area contributed by atoms with Crippen molar-refractivity contribution in [2.75, 3.05) is 18.8 Å². The number of benzene rings is 2. The monoisotopic (exact) mass is 1040 g/mol. The van der Waals surface area contributed by atoms with Crippen LogP contribution in [0.15, 0.2) is 48.5 Å². The Morgan fingerprint density at radius 1 is 0.699 bits per heavy atom. The number of carbonyl (C=O) groups is 11. The lowest BCUT2D eigenvalue weighted by molar-refractivity contribution is -0.142. The topological polar surface area (TPSA) is 374 Å². The van der Waals surface area contributed by atoms with Gasteiger partial charge in [-0.15, -0.1) is 0 Å². The van der Waals surface area contributed by atoms with Crippen LogP contribution in [0.25, 0.3) is 0 Å². The molecule has 23 nitrogen and oxygen atoms in total. The van der Waals surface area contributed by atoms with E-state index in [4.69, 9.17) is 17.3 Å². The number of hydrogen-bond donors (Lipinski definition) is 12. The number of thiol groups is 1. The summed E-state index contributed by atoms with van der Waals surface area (Å²) in [5.74, 6) is -5.91. The van der Waals surface area contributed by atoms with Gasteiger partial charge in [-0.3, -0.25) is 64.0 Å². The molecule has 0 spiro atoms. The Kier molecular flexibility index (Phi) is 27.1. The minimum atomic E-state index is -1.63. The van der Waals surface area contributed by atoms with Crippen LogP contribution < -0.4 is 54.9 Å². The van der Waals surface area contributed by atoms with Gasteiger partial charge in [-0.2, -0.15) is 12.6 Å². The number of nitrogens with zero attached hydrogens (tertiary/aromatic N) is 1. The van der Waals surface area contributed by atoms with Gasteiger partial charge >= 0.3 is 0 Å². The number of ketones is 4. The lowest BCUT2D eigenvalue weighted by atomic mass is 9.89. The molecule has 0 heterocycles. The number of Topliss-reactive ketones (excluding diaryl/α,β-unsaturated/α-hetero) is 4. The van der Waals surface area contributed by atoms with Crippen LogP contribution in [0.5, 0.6) is 5.75 Å². The Hall–Kier alpha value is -6.67. The van der Waals surface area contributed by atoms with E-state index in [2.05, 4.69) is 50.2 Å². The van der Waals surface area contributed by atoms with Crippen LogP contribution in [0.2, 0.25) is 0 Å². The number of hydrogen-bond acceptors (Lipinski definition) is 17. The fourth-order valence-corrected chi connectivity index (χ4v) is 7.35. The first-order valence-corrected chi connectivity index (χ1v) is 24.3. The quantitative estimate of drug-likeness (QED) is 0.0163. The molecule has 0 aromatic heterocycles. The fourth-order valence-electron chi connectivity index (χ4n) is 7.19. The van der Waals surface area contributed by atoms with Crippen molar-refractivity contribution in [3.63, 3.8) is 0 Å². The van der Waals surface area contributed by atoms with E-state index in [1.807, 2.05) is 0 Å². The predicted octanol–water partition coefficient (Wildman–Crippen LogP) is -1.42. The van der Waals surface area contributed by atoms with E-state index in [1.54, 1.807) is 27.7 Å². The van der Waals surface area contributed by atoms with Crippen LogP contribution in [0.1, 0.15) is 90.7 Å². The van der Waals surface area contributed by atoms with Crippen LogP contribution in [0, 0.1) is 17.7 Å². The minimum absolute atomic E-state index is 0.00440.